The first-order valence-corrected chi connectivity index (χ1v) is 7.10. The van der Waals surface area contributed by atoms with Crippen molar-refractivity contribution in [3.8, 4) is 11.5 Å². The third kappa shape index (κ3) is 4.32. The number of ether oxygens (including phenoxy) is 1. The Balaban J connectivity index is 2.08. The molecule has 0 aromatic heterocycles. The zero-order valence-electron chi connectivity index (χ0n) is 11.7. The van der Waals surface area contributed by atoms with Crippen LogP contribution in [0.4, 0.5) is 5.69 Å². The van der Waals surface area contributed by atoms with Gasteiger partial charge in [0, 0.05) is 17.3 Å². The van der Waals surface area contributed by atoms with Gasteiger partial charge in [-0.25, -0.2) is 0 Å². The molecule has 2 rings (SSSR count). The monoisotopic (exact) mass is 309 g/mol. The topological polar surface area (TPSA) is 21.3 Å². The highest BCUT2D eigenvalue weighted by molar-refractivity contribution is 6.42. The summed E-state index contributed by atoms with van der Waals surface area (Å²) >= 11 is 11.8. The Morgan fingerprint density at radius 3 is 2.00 bits per heavy atom. The molecule has 0 fully saturated rings. The summed E-state index contributed by atoms with van der Waals surface area (Å²) in [6, 6.07) is 13.0. The fourth-order valence-corrected chi connectivity index (χ4v) is 2.00. The summed E-state index contributed by atoms with van der Waals surface area (Å²) in [5, 5.41) is 4.39. The Kier molecular flexibility index (Phi) is 4.46. The second-order valence-electron chi connectivity index (χ2n) is 5.58. The Bertz CT molecular complexity index is 588. The molecule has 0 aliphatic rings. The number of halogens is 2. The van der Waals surface area contributed by atoms with Crippen molar-refractivity contribution in [2.75, 3.05) is 5.32 Å². The molecule has 2 nitrogen and oxygen atoms in total. The van der Waals surface area contributed by atoms with Gasteiger partial charge in [0.05, 0.1) is 10.0 Å². The lowest BCUT2D eigenvalue weighted by atomic mass is 10.1. The van der Waals surface area contributed by atoms with Crippen LogP contribution in [0.2, 0.25) is 10.0 Å². The van der Waals surface area contributed by atoms with Gasteiger partial charge in [-0.2, -0.15) is 0 Å². The Hall–Kier alpha value is -1.38. The lowest BCUT2D eigenvalue weighted by Crippen LogP contribution is -2.25. The average molecular weight is 310 g/mol. The molecule has 106 valence electrons. The van der Waals surface area contributed by atoms with Crippen LogP contribution >= 0.6 is 23.2 Å². The lowest BCUT2D eigenvalue weighted by Gasteiger charge is -2.22. The van der Waals surface area contributed by atoms with Crippen molar-refractivity contribution in [1.82, 2.24) is 0 Å². The van der Waals surface area contributed by atoms with E-state index in [0.717, 1.165) is 11.4 Å². The van der Waals surface area contributed by atoms with E-state index in [4.69, 9.17) is 27.9 Å². The fraction of sp³-hybridized carbons (Fsp3) is 0.250. The van der Waals surface area contributed by atoms with Crippen molar-refractivity contribution in [2.24, 2.45) is 0 Å². The first kappa shape index (κ1) is 15.0. The molecular weight excluding hydrogens is 293 g/mol. The van der Waals surface area contributed by atoms with Gasteiger partial charge in [-0.1, -0.05) is 23.2 Å². The van der Waals surface area contributed by atoms with Crippen molar-refractivity contribution >= 4 is 28.9 Å². The Labute approximate surface area is 129 Å². The van der Waals surface area contributed by atoms with Crippen LogP contribution < -0.4 is 10.1 Å². The maximum absolute atomic E-state index is 5.96. The number of hydrogen-bond donors (Lipinski definition) is 1. The summed E-state index contributed by atoms with van der Waals surface area (Å²) in [6.45, 7) is 6.35. The van der Waals surface area contributed by atoms with Crippen molar-refractivity contribution in [1.29, 1.82) is 0 Å². The van der Waals surface area contributed by atoms with E-state index in [1.54, 1.807) is 18.2 Å². The summed E-state index contributed by atoms with van der Waals surface area (Å²) in [7, 11) is 0. The molecule has 0 radical (unpaired) electrons. The minimum Gasteiger partial charge on any atom is -0.457 e. The van der Waals surface area contributed by atoms with Gasteiger partial charge in [0.15, 0.2) is 0 Å². The summed E-state index contributed by atoms with van der Waals surface area (Å²) in [4.78, 5) is 0. The van der Waals surface area contributed by atoms with E-state index in [1.165, 1.54) is 0 Å². The summed E-state index contributed by atoms with van der Waals surface area (Å²) in [5.41, 5.74) is 1.09. The minimum atomic E-state index is 0.0338. The van der Waals surface area contributed by atoms with Gasteiger partial charge in [0.1, 0.15) is 11.5 Å². The van der Waals surface area contributed by atoms with Gasteiger partial charge in [0.25, 0.3) is 0 Å². The lowest BCUT2D eigenvalue weighted by molar-refractivity contribution is 0.482. The highest BCUT2D eigenvalue weighted by atomic mass is 35.5. The summed E-state index contributed by atoms with van der Waals surface area (Å²) in [5.74, 6) is 1.42. The van der Waals surface area contributed by atoms with Crippen LogP contribution in [0, 0.1) is 0 Å². The van der Waals surface area contributed by atoms with Crippen LogP contribution in [0.25, 0.3) is 0 Å². The first-order valence-electron chi connectivity index (χ1n) is 6.35. The number of rotatable bonds is 3. The molecule has 0 amide bonds. The van der Waals surface area contributed by atoms with E-state index in [0.29, 0.717) is 15.8 Å². The maximum Gasteiger partial charge on any atom is 0.129 e. The molecule has 0 aliphatic carbocycles. The molecule has 2 aromatic rings. The normalized spacial score (nSPS) is 11.2. The highest BCUT2D eigenvalue weighted by Gasteiger charge is 2.09. The summed E-state index contributed by atoms with van der Waals surface area (Å²) < 4.78 is 5.73. The predicted molar refractivity (Wildman–Crippen MR) is 86.4 cm³/mol. The third-order valence-electron chi connectivity index (χ3n) is 2.50. The zero-order chi connectivity index (χ0) is 14.8. The molecule has 1 N–H and O–H groups in total. The number of anilines is 1. The maximum atomic E-state index is 5.96. The molecule has 0 atom stereocenters. The molecule has 0 saturated heterocycles. The smallest absolute Gasteiger partial charge is 0.129 e. The van der Waals surface area contributed by atoms with Gasteiger partial charge in [-0.3, -0.25) is 0 Å². The van der Waals surface area contributed by atoms with Crippen molar-refractivity contribution in [2.45, 2.75) is 26.3 Å². The number of nitrogens with one attached hydrogen (secondary N) is 1. The van der Waals surface area contributed by atoms with Crippen LogP contribution in [0.1, 0.15) is 20.8 Å². The largest absolute Gasteiger partial charge is 0.457 e. The van der Waals surface area contributed by atoms with Crippen LogP contribution in [0.15, 0.2) is 42.5 Å². The van der Waals surface area contributed by atoms with E-state index in [2.05, 4.69) is 26.1 Å². The molecule has 0 spiro atoms. The van der Waals surface area contributed by atoms with Gasteiger partial charge in [-0.05, 0) is 57.2 Å². The van der Waals surface area contributed by atoms with E-state index in [-0.39, 0.29) is 5.54 Å². The van der Waals surface area contributed by atoms with Gasteiger partial charge in [-0.15, -0.1) is 0 Å². The molecule has 0 unspecified atom stereocenters. The van der Waals surface area contributed by atoms with E-state index >= 15 is 0 Å². The van der Waals surface area contributed by atoms with Crippen LogP contribution in [-0.4, -0.2) is 5.54 Å². The minimum absolute atomic E-state index is 0.0338. The van der Waals surface area contributed by atoms with Gasteiger partial charge in [0.2, 0.25) is 0 Å². The molecule has 0 heterocycles. The van der Waals surface area contributed by atoms with Gasteiger partial charge < -0.3 is 10.1 Å². The number of hydrogen-bond acceptors (Lipinski definition) is 2. The molecule has 4 heteroatoms. The third-order valence-corrected chi connectivity index (χ3v) is 3.24. The van der Waals surface area contributed by atoms with E-state index < -0.39 is 0 Å². The van der Waals surface area contributed by atoms with Crippen LogP contribution in [-0.2, 0) is 0 Å². The zero-order valence-corrected chi connectivity index (χ0v) is 13.2. The highest BCUT2D eigenvalue weighted by Crippen LogP contribution is 2.30. The second-order valence-corrected chi connectivity index (χ2v) is 6.39. The molecule has 20 heavy (non-hydrogen) atoms. The van der Waals surface area contributed by atoms with Crippen LogP contribution in [0.3, 0.4) is 0 Å². The quantitative estimate of drug-likeness (QED) is 0.751. The Morgan fingerprint density at radius 2 is 1.45 bits per heavy atom. The fourth-order valence-electron chi connectivity index (χ4n) is 1.72. The molecule has 0 saturated carbocycles. The molecule has 0 aliphatic heterocycles. The van der Waals surface area contributed by atoms with Crippen molar-refractivity contribution in [3.63, 3.8) is 0 Å². The number of benzene rings is 2. The van der Waals surface area contributed by atoms with E-state index in [9.17, 15) is 0 Å². The second kappa shape index (κ2) is 5.94. The molecule has 2 aromatic carbocycles. The first-order chi connectivity index (χ1) is 9.33. The molecular formula is C16H17Cl2NO. The summed E-state index contributed by atoms with van der Waals surface area (Å²) in [6.07, 6.45) is 0. The van der Waals surface area contributed by atoms with Crippen molar-refractivity contribution < 1.29 is 4.74 Å². The Morgan fingerprint density at radius 1 is 0.850 bits per heavy atom. The molecule has 0 bridgehead atoms. The predicted octanol–water partition coefficient (Wildman–Crippen LogP) is 6.00. The van der Waals surface area contributed by atoms with Crippen LogP contribution in [0.5, 0.6) is 11.5 Å². The van der Waals surface area contributed by atoms with Gasteiger partial charge >= 0.3 is 0 Å². The SMILES string of the molecule is CC(C)(C)Nc1ccc(Oc2ccc(Cl)c(Cl)c2)cc1. The van der Waals surface area contributed by atoms with E-state index in [1.807, 2.05) is 24.3 Å². The van der Waals surface area contributed by atoms with Crippen molar-refractivity contribution in [3.05, 3.63) is 52.5 Å². The average Bonchev–Trinajstić information content (AvgIpc) is 2.35. The standard InChI is InChI=1S/C16H17Cl2NO/c1-16(2,3)19-11-4-6-12(7-5-11)20-13-8-9-14(17)15(18)10-13/h4-10,19H,1-3H3.